The molecule has 0 spiro atoms. The van der Waals surface area contributed by atoms with E-state index in [1.165, 1.54) is 5.57 Å². The number of anilines is 1. The maximum Gasteiger partial charge on any atom is 0.155 e. The molecule has 6 heteroatoms. The molecule has 1 aliphatic rings. The molecule has 0 saturated carbocycles. The van der Waals surface area contributed by atoms with Crippen molar-refractivity contribution in [1.29, 1.82) is 0 Å². The number of hydrogen-bond donors (Lipinski definition) is 1. The molecule has 3 aromatic rings. The molecule has 6 nitrogen and oxygen atoms in total. The van der Waals surface area contributed by atoms with Crippen molar-refractivity contribution in [2.45, 2.75) is 19.5 Å². The Bertz CT molecular complexity index is 1060. The van der Waals surface area contributed by atoms with Gasteiger partial charge in [0.05, 0.1) is 24.1 Å². The molecule has 0 fully saturated rings. The van der Waals surface area contributed by atoms with Crippen molar-refractivity contribution < 1.29 is 0 Å². The second kappa shape index (κ2) is 7.45. The topological polar surface area (TPSA) is 60.6 Å². The van der Waals surface area contributed by atoms with E-state index in [1.807, 2.05) is 23.9 Å². The first-order chi connectivity index (χ1) is 13.2. The van der Waals surface area contributed by atoms with E-state index in [9.17, 15) is 0 Å². The van der Waals surface area contributed by atoms with Crippen LogP contribution in [0.1, 0.15) is 17.9 Å². The number of fused-ring (bicyclic) bond motifs is 1. The normalized spacial score (nSPS) is 13.6. The zero-order chi connectivity index (χ0) is 18.6. The fourth-order valence-corrected chi connectivity index (χ4v) is 3.16. The predicted molar refractivity (Wildman–Crippen MR) is 109 cm³/mol. The van der Waals surface area contributed by atoms with Crippen molar-refractivity contribution in [1.82, 2.24) is 24.1 Å². The van der Waals surface area contributed by atoms with Crippen LogP contribution in [0.2, 0.25) is 0 Å². The SMILES string of the molecule is C=Cc1nc(NCc2cn(C)cn2)c2c(ccn2CC2=CC=CC=CC2)n1. The average molecular weight is 358 g/mol. The van der Waals surface area contributed by atoms with Gasteiger partial charge in [-0.25, -0.2) is 15.0 Å². The Hall–Kier alpha value is -3.41. The Balaban J connectivity index is 1.68. The van der Waals surface area contributed by atoms with Gasteiger partial charge in [0.25, 0.3) is 0 Å². The summed E-state index contributed by atoms with van der Waals surface area (Å²) in [6, 6.07) is 2.03. The predicted octanol–water partition coefficient (Wildman–Crippen LogP) is 3.86. The monoisotopic (exact) mass is 358 g/mol. The number of rotatable bonds is 6. The third-order valence-electron chi connectivity index (χ3n) is 4.45. The van der Waals surface area contributed by atoms with Crippen LogP contribution >= 0.6 is 0 Å². The van der Waals surface area contributed by atoms with Gasteiger partial charge in [0.1, 0.15) is 5.52 Å². The van der Waals surface area contributed by atoms with Crippen LogP contribution in [0.5, 0.6) is 0 Å². The quantitative estimate of drug-likeness (QED) is 0.727. The summed E-state index contributed by atoms with van der Waals surface area (Å²) in [6.45, 7) is 5.21. The molecule has 4 rings (SSSR count). The molecule has 1 aliphatic carbocycles. The highest BCUT2D eigenvalue weighted by atomic mass is 15.1. The minimum atomic E-state index is 0.600. The lowest BCUT2D eigenvalue weighted by Crippen LogP contribution is -2.08. The molecule has 0 bridgehead atoms. The van der Waals surface area contributed by atoms with Crippen molar-refractivity contribution in [2.75, 3.05) is 5.32 Å². The minimum Gasteiger partial charge on any atom is -0.362 e. The second-order valence-corrected chi connectivity index (χ2v) is 6.54. The maximum atomic E-state index is 4.64. The van der Waals surface area contributed by atoms with Crippen LogP contribution in [0.3, 0.4) is 0 Å². The Morgan fingerprint density at radius 1 is 1.26 bits per heavy atom. The van der Waals surface area contributed by atoms with Gasteiger partial charge in [0, 0.05) is 26.0 Å². The Labute approximate surface area is 158 Å². The van der Waals surface area contributed by atoms with Crippen molar-refractivity contribution in [3.63, 3.8) is 0 Å². The van der Waals surface area contributed by atoms with Gasteiger partial charge in [-0.05, 0) is 24.1 Å². The van der Waals surface area contributed by atoms with Gasteiger partial charge in [-0.3, -0.25) is 0 Å². The van der Waals surface area contributed by atoms with Gasteiger partial charge in [-0.1, -0.05) is 37.0 Å². The number of aromatic nitrogens is 5. The molecule has 27 heavy (non-hydrogen) atoms. The first-order valence-electron chi connectivity index (χ1n) is 8.94. The average Bonchev–Trinajstić information content (AvgIpc) is 3.18. The summed E-state index contributed by atoms with van der Waals surface area (Å²) >= 11 is 0. The first-order valence-corrected chi connectivity index (χ1v) is 8.94. The van der Waals surface area contributed by atoms with Crippen LogP contribution in [0.15, 0.2) is 67.3 Å². The molecular formula is C21H22N6. The largest absolute Gasteiger partial charge is 0.362 e. The highest BCUT2D eigenvalue weighted by Gasteiger charge is 2.13. The van der Waals surface area contributed by atoms with Crippen LogP contribution in [-0.4, -0.2) is 24.1 Å². The van der Waals surface area contributed by atoms with E-state index in [-0.39, 0.29) is 0 Å². The van der Waals surface area contributed by atoms with Crippen LogP contribution in [0.4, 0.5) is 5.82 Å². The minimum absolute atomic E-state index is 0.600. The number of imidazole rings is 1. The number of nitrogens with one attached hydrogen (secondary N) is 1. The van der Waals surface area contributed by atoms with Crippen LogP contribution in [-0.2, 0) is 20.1 Å². The zero-order valence-electron chi connectivity index (χ0n) is 15.3. The fourth-order valence-electron chi connectivity index (χ4n) is 3.16. The van der Waals surface area contributed by atoms with E-state index in [2.05, 4.69) is 68.0 Å². The molecule has 0 saturated heterocycles. The van der Waals surface area contributed by atoms with E-state index in [1.54, 1.807) is 12.4 Å². The second-order valence-electron chi connectivity index (χ2n) is 6.54. The van der Waals surface area contributed by atoms with Gasteiger partial charge < -0.3 is 14.5 Å². The van der Waals surface area contributed by atoms with Gasteiger partial charge in [-0.15, -0.1) is 0 Å². The maximum absolute atomic E-state index is 4.64. The third kappa shape index (κ3) is 3.74. The van der Waals surface area contributed by atoms with E-state index < -0.39 is 0 Å². The lowest BCUT2D eigenvalue weighted by atomic mass is 10.2. The molecular weight excluding hydrogens is 336 g/mol. The Kier molecular flexibility index (Phi) is 4.70. The summed E-state index contributed by atoms with van der Waals surface area (Å²) < 4.78 is 4.13. The molecule has 136 valence electrons. The molecule has 0 amide bonds. The molecule has 1 N–H and O–H groups in total. The lowest BCUT2D eigenvalue weighted by Gasteiger charge is -2.12. The summed E-state index contributed by atoms with van der Waals surface area (Å²) in [5.74, 6) is 1.41. The fraction of sp³-hybridized carbons (Fsp3) is 0.190. The first kappa shape index (κ1) is 17.0. The molecule has 0 atom stereocenters. The molecule has 0 aromatic carbocycles. The lowest BCUT2D eigenvalue weighted by molar-refractivity contribution is 0.799. The molecule has 0 radical (unpaired) electrons. The van der Waals surface area contributed by atoms with Gasteiger partial charge in [0.2, 0.25) is 0 Å². The zero-order valence-corrected chi connectivity index (χ0v) is 15.3. The van der Waals surface area contributed by atoms with Crippen LogP contribution in [0.25, 0.3) is 17.1 Å². The third-order valence-corrected chi connectivity index (χ3v) is 4.45. The molecule has 0 unspecified atom stereocenters. The van der Waals surface area contributed by atoms with Gasteiger partial charge in [0.15, 0.2) is 11.6 Å². The Morgan fingerprint density at radius 2 is 2.19 bits per heavy atom. The number of aryl methyl sites for hydroxylation is 1. The summed E-state index contributed by atoms with van der Waals surface area (Å²) in [7, 11) is 1.96. The molecule has 3 aromatic heterocycles. The highest BCUT2D eigenvalue weighted by molar-refractivity contribution is 5.87. The standard InChI is InChI=1S/C21H22N6/c1-3-19-24-18-10-11-27(13-16-8-6-4-5-7-9-16)20(18)21(25-19)22-12-17-14-26(2)15-23-17/h3-8,10-11,14-15H,1,9,12-13H2,2H3,(H,22,24,25). The summed E-state index contributed by atoms with van der Waals surface area (Å²) in [6.07, 6.45) is 19.0. The number of hydrogen-bond acceptors (Lipinski definition) is 4. The van der Waals surface area contributed by atoms with E-state index in [4.69, 9.17) is 0 Å². The summed E-state index contributed by atoms with van der Waals surface area (Å²) in [5, 5.41) is 3.43. The van der Waals surface area contributed by atoms with E-state index >= 15 is 0 Å². The van der Waals surface area contributed by atoms with Gasteiger partial charge >= 0.3 is 0 Å². The number of nitrogens with zero attached hydrogens (tertiary/aromatic N) is 5. The summed E-state index contributed by atoms with van der Waals surface area (Å²) in [5.41, 5.74) is 4.20. The van der Waals surface area contributed by atoms with Crippen molar-refractivity contribution in [2.24, 2.45) is 7.05 Å². The summed E-state index contributed by atoms with van der Waals surface area (Å²) in [4.78, 5) is 13.6. The van der Waals surface area contributed by atoms with Crippen LogP contribution in [0, 0.1) is 0 Å². The van der Waals surface area contributed by atoms with E-state index in [0.717, 1.165) is 35.5 Å². The number of allylic oxidation sites excluding steroid dienone is 6. The van der Waals surface area contributed by atoms with E-state index in [0.29, 0.717) is 12.4 Å². The van der Waals surface area contributed by atoms with Crippen molar-refractivity contribution in [3.05, 3.63) is 78.8 Å². The van der Waals surface area contributed by atoms with Crippen LogP contribution < -0.4 is 5.32 Å². The smallest absolute Gasteiger partial charge is 0.155 e. The van der Waals surface area contributed by atoms with Crippen molar-refractivity contribution >= 4 is 22.9 Å². The van der Waals surface area contributed by atoms with Gasteiger partial charge in [-0.2, -0.15) is 0 Å². The highest BCUT2D eigenvalue weighted by Crippen LogP contribution is 2.24. The molecule has 3 heterocycles. The Morgan fingerprint density at radius 3 is 3.00 bits per heavy atom. The van der Waals surface area contributed by atoms with Crippen molar-refractivity contribution in [3.8, 4) is 0 Å². The molecule has 0 aliphatic heterocycles.